The Balaban J connectivity index is 1.80. The summed E-state index contributed by atoms with van der Waals surface area (Å²) in [7, 11) is 2.00. The number of aliphatic hydroxyl groups excluding tert-OH is 1. The third-order valence-corrected chi connectivity index (χ3v) is 3.90. The second-order valence-corrected chi connectivity index (χ2v) is 5.71. The molecule has 1 fully saturated rings. The van der Waals surface area contributed by atoms with Gasteiger partial charge >= 0.3 is 0 Å². The van der Waals surface area contributed by atoms with E-state index in [1.807, 2.05) is 37.4 Å². The molecule has 1 saturated carbocycles. The molecule has 1 aliphatic rings. The molecule has 110 valence electrons. The van der Waals surface area contributed by atoms with Crippen molar-refractivity contribution in [3.8, 4) is 11.4 Å². The Bertz CT molecular complexity index is 611. The molecule has 21 heavy (non-hydrogen) atoms. The van der Waals surface area contributed by atoms with Gasteiger partial charge in [-0.3, -0.25) is 0 Å². The van der Waals surface area contributed by atoms with Gasteiger partial charge in [-0.1, -0.05) is 30.3 Å². The summed E-state index contributed by atoms with van der Waals surface area (Å²) in [6.45, 7) is 0.877. The van der Waals surface area contributed by atoms with Crippen LogP contribution in [0.25, 0.3) is 11.4 Å². The van der Waals surface area contributed by atoms with Crippen molar-refractivity contribution in [1.82, 2.24) is 9.97 Å². The van der Waals surface area contributed by atoms with Crippen LogP contribution in [0.2, 0.25) is 0 Å². The average Bonchev–Trinajstić information content (AvgIpc) is 2.46. The zero-order valence-electron chi connectivity index (χ0n) is 12.1. The standard InChI is InChI=1S/C16H20N4O/c1-20(10-11-7-13(21)8-11)15-9-14(17)18-16(19-15)12-5-3-2-4-6-12/h2-6,9,11,13,21H,7-8,10H2,1H3,(H2,17,18,19). The van der Waals surface area contributed by atoms with Crippen LogP contribution < -0.4 is 10.6 Å². The van der Waals surface area contributed by atoms with E-state index in [1.165, 1.54) is 0 Å². The maximum absolute atomic E-state index is 9.37. The van der Waals surface area contributed by atoms with Crippen LogP contribution in [-0.4, -0.2) is 34.8 Å². The predicted octanol–water partition coefficient (Wildman–Crippen LogP) is 1.93. The van der Waals surface area contributed by atoms with Crippen molar-refractivity contribution in [3.05, 3.63) is 36.4 Å². The zero-order chi connectivity index (χ0) is 14.8. The molecular formula is C16H20N4O. The van der Waals surface area contributed by atoms with Crippen molar-refractivity contribution >= 4 is 11.6 Å². The maximum atomic E-state index is 9.37. The second-order valence-electron chi connectivity index (χ2n) is 5.71. The second kappa shape index (κ2) is 5.69. The first kappa shape index (κ1) is 13.8. The Morgan fingerprint density at radius 2 is 1.95 bits per heavy atom. The first-order valence-electron chi connectivity index (χ1n) is 7.21. The monoisotopic (exact) mass is 284 g/mol. The largest absolute Gasteiger partial charge is 0.393 e. The number of anilines is 2. The van der Waals surface area contributed by atoms with E-state index < -0.39 is 0 Å². The Labute approximate surface area is 124 Å². The highest BCUT2D eigenvalue weighted by Gasteiger charge is 2.28. The summed E-state index contributed by atoms with van der Waals surface area (Å²) in [4.78, 5) is 11.0. The number of rotatable bonds is 4. The van der Waals surface area contributed by atoms with E-state index in [9.17, 15) is 5.11 Å². The summed E-state index contributed by atoms with van der Waals surface area (Å²) in [6.07, 6.45) is 1.62. The molecule has 0 atom stereocenters. The van der Waals surface area contributed by atoms with Gasteiger partial charge in [0, 0.05) is 25.2 Å². The first-order chi connectivity index (χ1) is 10.1. The highest BCUT2D eigenvalue weighted by Crippen LogP contribution is 2.29. The predicted molar refractivity (Wildman–Crippen MR) is 83.9 cm³/mol. The van der Waals surface area contributed by atoms with Crippen molar-refractivity contribution in [2.24, 2.45) is 5.92 Å². The molecule has 0 aliphatic heterocycles. The Morgan fingerprint density at radius 3 is 2.62 bits per heavy atom. The van der Waals surface area contributed by atoms with E-state index in [0.29, 0.717) is 17.6 Å². The summed E-state index contributed by atoms with van der Waals surface area (Å²) in [5.41, 5.74) is 6.87. The number of nitrogens with two attached hydrogens (primary N) is 1. The number of nitrogen functional groups attached to an aromatic ring is 1. The fourth-order valence-electron chi connectivity index (χ4n) is 2.69. The van der Waals surface area contributed by atoms with Gasteiger partial charge in [0.2, 0.25) is 0 Å². The van der Waals surface area contributed by atoms with Gasteiger partial charge in [-0.15, -0.1) is 0 Å². The molecule has 0 radical (unpaired) electrons. The van der Waals surface area contributed by atoms with Crippen molar-refractivity contribution in [3.63, 3.8) is 0 Å². The lowest BCUT2D eigenvalue weighted by Crippen LogP contribution is -2.37. The third-order valence-electron chi connectivity index (χ3n) is 3.90. The molecule has 1 aromatic heterocycles. The fourth-order valence-corrected chi connectivity index (χ4v) is 2.69. The molecule has 2 aromatic rings. The van der Waals surface area contributed by atoms with Crippen LogP contribution in [0.3, 0.4) is 0 Å². The lowest BCUT2D eigenvalue weighted by Gasteiger charge is -2.34. The zero-order valence-corrected chi connectivity index (χ0v) is 12.1. The molecule has 0 unspecified atom stereocenters. The number of hydrogen-bond acceptors (Lipinski definition) is 5. The van der Waals surface area contributed by atoms with E-state index >= 15 is 0 Å². The Morgan fingerprint density at radius 1 is 1.24 bits per heavy atom. The van der Waals surface area contributed by atoms with Gasteiger partial charge in [0.1, 0.15) is 11.6 Å². The molecule has 3 N–H and O–H groups in total. The van der Waals surface area contributed by atoms with Crippen molar-refractivity contribution in [2.45, 2.75) is 18.9 Å². The van der Waals surface area contributed by atoms with Gasteiger partial charge in [0.05, 0.1) is 6.10 Å². The van der Waals surface area contributed by atoms with Gasteiger partial charge in [-0.2, -0.15) is 0 Å². The molecule has 5 nitrogen and oxygen atoms in total. The van der Waals surface area contributed by atoms with Gasteiger partial charge in [0.15, 0.2) is 5.82 Å². The minimum Gasteiger partial charge on any atom is -0.393 e. The van der Waals surface area contributed by atoms with Gasteiger partial charge in [-0.25, -0.2) is 9.97 Å². The van der Waals surface area contributed by atoms with Crippen LogP contribution in [-0.2, 0) is 0 Å². The van der Waals surface area contributed by atoms with Crippen LogP contribution in [0.1, 0.15) is 12.8 Å². The van der Waals surface area contributed by atoms with Crippen molar-refractivity contribution in [1.29, 1.82) is 0 Å². The fraction of sp³-hybridized carbons (Fsp3) is 0.375. The topological polar surface area (TPSA) is 75.3 Å². The van der Waals surface area contributed by atoms with E-state index in [-0.39, 0.29) is 6.10 Å². The normalized spacial score (nSPS) is 20.9. The van der Waals surface area contributed by atoms with E-state index in [4.69, 9.17) is 5.73 Å². The summed E-state index contributed by atoms with van der Waals surface area (Å²) < 4.78 is 0. The smallest absolute Gasteiger partial charge is 0.163 e. The molecule has 1 aromatic carbocycles. The average molecular weight is 284 g/mol. The van der Waals surface area contributed by atoms with Gasteiger partial charge in [0.25, 0.3) is 0 Å². The molecular weight excluding hydrogens is 264 g/mol. The highest BCUT2D eigenvalue weighted by molar-refractivity contribution is 5.60. The third kappa shape index (κ3) is 3.13. The summed E-state index contributed by atoms with van der Waals surface area (Å²) >= 11 is 0. The van der Waals surface area contributed by atoms with Crippen molar-refractivity contribution < 1.29 is 5.11 Å². The molecule has 0 saturated heterocycles. The molecule has 0 bridgehead atoms. The quantitative estimate of drug-likeness (QED) is 0.897. The number of hydrogen-bond donors (Lipinski definition) is 2. The van der Waals surface area contributed by atoms with E-state index in [2.05, 4.69) is 14.9 Å². The van der Waals surface area contributed by atoms with Gasteiger partial charge in [-0.05, 0) is 18.8 Å². The van der Waals surface area contributed by atoms with E-state index in [1.54, 1.807) is 6.07 Å². The molecule has 0 spiro atoms. The first-order valence-corrected chi connectivity index (χ1v) is 7.21. The lowest BCUT2D eigenvalue weighted by atomic mass is 9.82. The number of nitrogens with zero attached hydrogens (tertiary/aromatic N) is 3. The summed E-state index contributed by atoms with van der Waals surface area (Å²) in [6, 6.07) is 11.6. The molecule has 1 aliphatic carbocycles. The van der Waals surface area contributed by atoms with Gasteiger partial charge < -0.3 is 15.7 Å². The lowest BCUT2D eigenvalue weighted by molar-refractivity contribution is 0.0464. The maximum Gasteiger partial charge on any atom is 0.163 e. The van der Waals surface area contributed by atoms with Crippen LogP contribution in [0.4, 0.5) is 11.6 Å². The molecule has 5 heteroatoms. The highest BCUT2D eigenvalue weighted by atomic mass is 16.3. The Hall–Kier alpha value is -2.14. The summed E-state index contributed by atoms with van der Waals surface area (Å²) in [5, 5.41) is 9.37. The number of aromatic nitrogens is 2. The molecule has 0 amide bonds. The van der Waals surface area contributed by atoms with Crippen molar-refractivity contribution in [2.75, 3.05) is 24.2 Å². The number of benzene rings is 1. The Kier molecular flexibility index (Phi) is 3.75. The van der Waals surface area contributed by atoms with Crippen LogP contribution in [0, 0.1) is 5.92 Å². The van der Waals surface area contributed by atoms with Crippen LogP contribution in [0.5, 0.6) is 0 Å². The SMILES string of the molecule is CN(CC1CC(O)C1)c1cc(N)nc(-c2ccccc2)n1. The number of aliphatic hydroxyl groups is 1. The molecule has 3 rings (SSSR count). The molecule has 1 heterocycles. The van der Waals surface area contributed by atoms with E-state index in [0.717, 1.165) is 30.8 Å². The minimum atomic E-state index is -0.126. The summed E-state index contributed by atoms with van der Waals surface area (Å²) in [5.74, 6) is 2.47. The minimum absolute atomic E-state index is 0.126. The van der Waals surface area contributed by atoms with Crippen LogP contribution in [0.15, 0.2) is 36.4 Å². The van der Waals surface area contributed by atoms with Crippen LogP contribution >= 0.6 is 0 Å².